The van der Waals surface area contributed by atoms with Gasteiger partial charge in [-0.05, 0) is 31.5 Å². The number of nitrogens with zero attached hydrogens (tertiary/aromatic N) is 1. The number of ether oxygens (including phenoxy) is 1. The highest BCUT2D eigenvalue weighted by atomic mass is 32.2. The summed E-state index contributed by atoms with van der Waals surface area (Å²) in [7, 11) is -0.161. The molecular weight excluding hydrogens is 264 g/mol. The Labute approximate surface area is 114 Å². The summed E-state index contributed by atoms with van der Waals surface area (Å²) in [5, 5.41) is 2.79. The van der Waals surface area contributed by atoms with Gasteiger partial charge in [-0.3, -0.25) is 4.31 Å². The molecule has 5 nitrogen and oxygen atoms in total. The van der Waals surface area contributed by atoms with E-state index in [9.17, 15) is 8.42 Å². The third kappa shape index (κ3) is 3.01. The highest BCUT2D eigenvalue weighted by molar-refractivity contribution is 7.93. The summed E-state index contributed by atoms with van der Waals surface area (Å²) in [4.78, 5) is 0. The molecule has 0 spiro atoms. The molecule has 1 atom stereocenters. The van der Waals surface area contributed by atoms with Gasteiger partial charge in [-0.1, -0.05) is 6.07 Å². The summed E-state index contributed by atoms with van der Waals surface area (Å²) >= 11 is 0. The van der Waals surface area contributed by atoms with Crippen LogP contribution in [0.5, 0.6) is 5.75 Å². The molecule has 2 rings (SSSR count). The third-order valence-electron chi connectivity index (χ3n) is 3.47. The maximum Gasteiger partial charge on any atom is 0.239 e. The normalized spacial score (nSPS) is 20.0. The second-order valence-electron chi connectivity index (χ2n) is 4.68. The van der Waals surface area contributed by atoms with Crippen LogP contribution in [0.3, 0.4) is 0 Å². The quantitative estimate of drug-likeness (QED) is 0.903. The largest absolute Gasteiger partial charge is 0.497 e. The fourth-order valence-electron chi connectivity index (χ4n) is 2.25. The van der Waals surface area contributed by atoms with E-state index in [1.165, 1.54) is 4.31 Å². The number of benzene rings is 1. The van der Waals surface area contributed by atoms with Gasteiger partial charge in [0.15, 0.2) is 0 Å². The molecule has 6 heteroatoms. The van der Waals surface area contributed by atoms with E-state index in [-0.39, 0.29) is 5.25 Å². The minimum absolute atomic E-state index is 0.350. The smallest absolute Gasteiger partial charge is 0.239 e. The second kappa shape index (κ2) is 5.79. The third-order valence-corrected chi connectivity index (χ3v) is 5.69. The average molecular weight is 284 g/mol. The van der Waals surface area contributed by atoms with Crippen molar-refractivity contribution in [2.24, 2.45) is 0 Å². The predicted molar refractivity (Wildman–Crippen MR) is 76.2 cm³/mol. The molecule has 0 saturated carbocycles. The van der Waals surface area contributed by atoms with Gasteiger partial charge in [-0.2, -0.15) is 0 Å². The van der Waals surface area contributed by atoms with Gasteiger partial charge in [-0.15, -0.1) is 0 Å². The van der Waals surface area contributed by atoms with Gasteiger partial charge in [0, 0.05) is 19.7 Å². The van der Waals surface area contributed by atoms with Crippen LogP contribution < -0.4 is 14.4 Å². The van der Waals surface area contributed by atoms with Crippen molar-refractivity contribution in [1.82, 2.24) is 5.32 Å². The first-order valence-electron chi connectivity index (χ1n) is 6.38. The molecule has 0 amide bonds. The second-order valence-corrected chi connectivity index (χ2v) is 6.93. The molecule has 19 heavy (non-hydrogen) atoms. The first-order valence-corrected chi connectivity index (χ1v) is 7.88. The summed E-state index contributed by atoms with van der Waals surface area (Å²) in [6.07, 6.45) is 1.61. The van der Waals surface area contributed by atoms with Crippen molar-refractivity contribution in [2.75, 3.05) is 31.6 Å². The molecule has 1 aliphatic heterocycles. The number of nitrogens with one attached hydrogen (secondary N) is 1. The van der Waals surface area contributed by atoms with Crippen LogP contribution >= 0.6 is 0 Å². The zero-order chi connectivity index (χ0) is 13.9. The number of hydrogen-bond donors (Lipinski definition) is 1. The summed E-state index contributed by atoms with van der Waals surface area (Å²) in [5.74, 6) is 0.654. The fraction of sp³-hybridized carbons (Fsp3) is 0.538. The van der Waals surface area contributed by atoms with E-state index in [1.807, 2.05) is 0 Å². The summed E-state index contributed by atoms with van der Waals surface area (Å²) in [6, 6.07) is 7.09. The molecule has 1 N–H and O–H groups in total. The molecule has 0 radical (unpaired) electrons. The van der Waals surface area contributed by atoms with Crippen LogP contribution in [0.2, 0.25) is 0 Å². The zero-order valence-electron chi connectivity index (χ0n) is 11.3. The zero-order valence-corrected chi connectivity index (χ0v) is 12.1. The van der Waals surface area contributed by atoms with Gasteiger partial charge in [0.2, 0.25) is 10.0 Å². The van der Waals surface area contributed by atoms with Crippen molar-refractivity contribution in [3.8, 4) is 5.75 Å². The average Bonchev–Trinajstić information content (AvgIpc) is 2.47. The van der Waals surface area contributed by atoms with Crippen LogP contribution in [-0.2, 0) is 10.0 Å². The number of piperidine rings is 1. The molecule has 1 aromatic carbocycles. The summed E-state index contributed by atoms with van der Waals surface area (Å²) < 4.78 is 31.5. The molecule has 1 fully saturated rings. The maximum atomic E-state index is 12.5. The Kier molecular flexibility index (Phi) is 4.31. The highest BCUT2D eigenvalue weighted by Crippen LogP contribution is 2.25. The van der Waals surface area contributed by atoms with Crippen LogP contribution in [-0.4, -0.2) is 40.9 Å². The van der Waals surface area contributed by atoms with Gasteiger partial charge in [0.1, 0.15) is 5.75 Å². The monoisotopic (exact) mass is 284 g/mol. The van der Waals surface area contributed by atoms with Crippen molar-refractivity contribution in [3.63, 3.8) is 0 Å². The SMILES string of the molecule is COc1cccc(N(C)S(=O)(=O)C2CCCNC2)c1. The van der Waals surface area contributed by atoms with E-state index in [0.717, 1.165) is 13.0 Å². The van der Waals surface area contributed by atoms with Gasteiger partial charge >= 0.3 is 0 Å². The van der Waals surface area contributed by atoms with Gasteiger partial charge in [-0.25, -0.2) is 8.42 Å². The number of rotatable bonds is 4. The van der Waals surface area contributed by atoms with Crippen molar-refractivity contribution >= 4 is 15.7 Å². The minimum atomic E-state index is -3.32. The number of methoxy groups -OCH3 is 1. The molecule has 1 unspecified atom stereocenters. The first-order chi connectivity index (χ1) is 9.05. The fourth-order valence-corrected chi connectivity index (χ4v) is 3.90. The Hall–Kier alpha value is -1.27. The van der Waals surface area contributed by atoms with Crippen molar-refractivity contribution < 1.29 is 13.2 Å². The predicted octanol–water partition coefficient (Wildman–Crippen LogP) is 1.21. The molecule has 0 bridgehead atoms. The lowest BCUT2D eigenvalue weighted by atomic mass is 10.2. The van der Waals surface area contributed by atoms with Gasteiger partial charge in [0.25, 0.3) is 0 Å². The molecular formula is C13H20N2O3S. The van der Waals surface area contributed by atoms with Crippen LogP contribution in [0, 0.1) is 0 Å². The standard InChI is InChI=1S/C13H20N2O3S/c1-15(11-5-3-6-12(9-11)18-2)19(16,17)13-7-4-8-14-10-13/h3,5-6,9,13-14H,4,7-8,10H2,1-2H3. The van der Waals surface area contributed by atoms with E-state index >= 15 is 0 Å². The van der Waals surface area contributed by atoms with Gasteiger partial charge < -0.3 is 10.1 Å². The number of sulfonamides is 1. The van der Waals surface area contributed by atoms with Crippen LogP contribution in [0.25, 0.3) is 0 Å². The van der Waals surface area contributed by atoms with E-state index in [4.69, 9.17) is 4.74 Å². The molecule has 1 aromatic rings. The molecule has 0 aliphatic carbocycles. The molecule has 106 valence electrons. The topological polar surface area (TPSA) is 58.6 Å². The molecule has 1 aliphatic rings. The van der Waals surface area contributed by atoms with E-state index in [1.54, 1.807) is 38.4 Å². The lowest BCUT2D eigenvalue weighted by Gasteiger charge is -2.28. The summed E-state index contributed by atoms with van der Waals surface area (Å²) in [5.41, 5.74) is 0.630. The lowest BCUT2D eigenvalue weighted by molar-refractivity contribution is 0.415. The van der Waals surface area contributed by atoms with Crippen molar-refractivity contribution in [2.45, 2.75) is 18.1 Å². The van der Waals surface area contributed by atoms with Crippen LogP contribution in [0.4, 0.5) is 5.69 Å². The highest BCUT2D eigenvalue weighted by Gasteiger charge is 2.31. The number of anilines is 1. The first kappa shape index (κ1) is 14.1. The van der Waals surface area contributed by atoms with E-state index in [2.05, 4.69) is 5.32 Å². The Bertz CT molecular complexity index is 524. The van der Waals surface area contributed by atoms with E-state index in [0.29, 0.717) is 24.4 Å². The minimum Gasteiger partial charge on any atom is -0.497 e. The molecule has 1 saturated heterocycles. The van der Waals surface area contributed by atoms with E-state index < -0.39 is 10.0 Å². The Morgan fingerprint density at radius 3 is 2.84 bits per heavy atom. The Morgan fingerprint density at radius 2 is 2.21 bits per heavy atom. The molecule has 1 heterocycles. The van der Waals surface area contributed by atoms with Crippen molar-refractivity contribution in [3.05, 3.63) is 24.3 Å². The Balaban J connectivity index is 2.23. The van der Waals surface area contributed by atoms with Gasteiger partial charge in [0.05, 0.1) is 18.0 Å². The lowest BCUT2D eigenvalue weighted by Crippen LogP contribution is -2.45. The molecule has 0 aromatic heterocycles. The summed E-state index contributed by atoms with van der Waals surface area (Å²) in [6.45, 7) is 1.42. The Morgan fingerprint density at radius 1 is 1.42 bits per heavy atom. The van der Waals surface area contributed by atoms with Crippen LogP contribution in [0.1, 0.15) is 12.8 Å². The van der Waals surface area contributed by atoms with Crippen LogP contribution in [0.15, 0.2) is 24.3 Å². The van der Waals surface area contributed by atoms with Crippen molar-refractivity contribution in [1.29, 1.82) is 0 Å². The maximum absolute atomic E-state index is 12.5. The number of hydrogen-bond acceptors (Lipinski definition) is 4.